The molecule has 1 aliphatic heterocycles. The second kappa shape index (κ2) is 10.3. The predicted molar refractivity (Wildman–Crippen MR) is 119 cm³/mol. The molecule has 0 radical (unpaired) electrons. The van der Waals surface area contributed by atoms with Crippen LogP contribution < -0.4 is 16.0 Å². The van der Waals surface area contributed by atoms with E-state index in [0.717, 1.165) is 31.7 Å². The maximum Gasteiger partial charge on any atom is 0.313 e. The Labute approximate surface area is 180 Å². The van der Waals surface area contributed by atoms with Crippen molar-refractivity contribution in [1.82, 2.24) is 15.1 Å². The van der Waals surface area contributed by atoms with Crippen LogP contribution in [0.1, 0.15) is 18.5 Å². The molecule has 0 saturated carbocycles. The third kappa shape index (κ3) is 6.12. The summed E-state index contributed by atoms with van der Waals surface area (Å²) in [6.45, 7) is 5.53. The number of amides is 3. The molecule has 3 amide bonds. The van der Waals surface area contributed by atoms with E-state index in [4.69, 9.17) is 0 Å². The van der Waals surface area contributed by atoms with Crippen LogP contribution in [0.2, 0.25) is 0 Å². The summed E-state index contributed by atoms with van der Waals surface area (Å²) in [6.07, 6.45) is 0. The monoisotopic (exact) mass is 429 g/mol. The molecular weight excluding hydrogens is 402 g/mol. The van der Waals surface area contributed by atoms with Gasteiger partial charge in [0.25, 0.3) is 0 Å². The Bertz CT molecular complexity index is 879. The van der Waals surface area contributed by atoms with Gasteiger partial charge >= 0.3 is 11.8 Å². The van der Waals surface area contributed by atoms with Crippen LogP contribution >= 0.6 is 11.3 Å². The molecule has 9 heteroatoms. The van der Waals surface area contributed by atoms with Gasteiger partial charge in [0, 0.05) is 51.0 Å². The van der Waals surface area contributed by atoms with E-state index >= 15 is 0 Å². The van der Waals surface area contributed by atoms with Crippen molar-refractivity contribution in [3.05, 3.63) is 46.7 Å². The summed E-state index contributed by atoms with van der Waals surface area (Å²) in [4.78, 5) is 40.5. The van der Waals surface area contributed by atoms with Crippen molar-refractivity contribution in [2.24, 2.45) is 0 Å². The molecule has 0 spiro atoms. The number of nitrogens with one attached hydrogen (secondary N) is 3. The van der Waals surface area contributed by atoms with Gasteiger partial charge in [-0.25, -0.2) is 0 Å². The molecule has 1 atom stereocenters. The highest BCUT2D eigenvalue weighted by Gasteiger charge is 2.25. The van der Waals surface area contributed by atoms with Crippen LogP contribution in [0.5, 0.6) is 0 Å². The first-order chi connectivity index (χ1) is 14.4. The zero-order chi connectivity index (χ0) is 21.5. The fraction of sp³-hybridized carbons (Fsp3) is 0.381. The van der Waals surface area contributed by atoms with Gasteiger partial charge in [0.1, 0.15) is 0 Å². The Hall–Kier alpha value is -2.75. The summed E-state index contributed by atoms with van der Waals surface area (Å²) in [5.41, 5.74) is 2.14. The predicted octanol–water partition coefficient (Wildman–Crippen LogP) is 1.75. The second-order valence-electron chi connectivity index (χ2n) is 7.34. The molecule has 8 nitrogen and oxygen atoms in total. The Morgan fingerprint density at radius 1 is 1.03 bits per heavy atom. The molecular formula is C21H27N5O3S. The van der Waals surface area contributed by atoms with Gasteiger partial charge in [-0.15, -0.1) is 0 Å². The molecule has 30 heavy (non-hydrogen) atoms. The zero-order valence-electron chi connectivity index (χ0n) is 17.2. The second-order valence-corrected chi connectivity index (χ2v) is 8.12. The van der Waals surface area contributed by atoms with Crippen molar-refractivity contribution in [2.45, 2.75) is 13.0 Å². The van der Waals surface area contributed by atoms with Crippen molar-refractivity contribution in [2.75, 3.05) is 50.4 Å². The van der Waals surface area contributed by atoms with Crippen molar-refractivity contribution in [3.63, 3.8) is 0 Å². The zero-order valence-corrected chi connectivity index (χ0v) is 18.0. The van der Waals surface area contributed by atoms with E-state index in [9.17, 15) is 14.4 Å². The summed E-state index contributed by atoms with van der Waals surface area (Å²) in [6, 6.07) is 8.76. The SMILES string of the molecule is CC(=O)Nc1cccc(NC(=O)C(=O)NC[C@@H](c2ccsc2)N2CCN(C)CC2)c1. The topological polar surface area (TPSA) is 93.8 Å². The van der Waals surface area contributed by atoms with Gasteiger partial charge in [0.05, 0.1) is 6.04 Å². The van der Waals surface area contributed by atoms with Gasteiger partial charge in [-0.2, -0.15) is 11.3 Å². The summed E-state index contributed by atoms with van der Waals surface area (Å²) < 4.78 is 0. The number of hydrogen-bond donors (Lipinski definition) is 3. The minimum Gasteiger partial charge on any atom is -0.346 e. The van der Waals surface area contributed by atoms with E-state index in [2.05, 4.69) is 44.2 Å². The van der Waals surface area contributed by atoms with E-state index < -0.39 is 11.8 Å². The Balaban J connectivity index is 1.58. The van der Waals surface area contributed by atoms with Crippen LogP contribution in [0.25, 0.3) is 0 Å². The minimum absolute atomic E-state index is 0.0322. The largest absolute Gasteiger partial charge is 0.346 e. The maximum absolute atomic E-state index is 12.4. The average molecular weight is 430 g/mol. The van der Waals surface area contributed by atoms with Crippen LogP contribution in [-0.2, 0) is 14.4 Å². The van der Waals surface area contributed by atoms with E-state index in [1.165, 1.54) is 6.92 Å². The molecule has 3 N–H and O–H groups in total. The summed E-state index contributed by atoms with van der Waals surface area (Å²) >= 11 is 1.62. The Morgan fingerprint density at radius 3 is 2.37 bits per heavy atom. The lowest BCUT2D eigenvalue weighted by Crippen LogP contribution is -2.49. The molecule has 1 aromatic carbocycles. The molecule has 0 bridgehead atoms. The lowest BCUT2D eigenvalue weighted by Gasteiger charge is -2.37. The van der Waals surface area contributed by atoms with Gasteiger partial charge < -0.3 is 20.9 Å². The molecule has 1 fully saturated rings. The molecule has 3 rings (SSSR count). The van der Waals surface area contributed by atoms with Crippen LogP contribution in [-0.4, -0.2) is 67.3 Å². The van der Waals surface area contributed by atoms with Crippen LogP contribution in [0.15, 0.2) is 41.1 Å². The van der Waals surface area contributed by atoms with Gasteiger partial charge in [-0.1, -0.05) is 6.07 Å². The minimum atomic E-state index is -0.738. The third-order valence-electron chi connectivity index (χ3n) is 5.01. The molecule has 0 aliphatic carbocycles. The van der Waals surface area contributed by atoms with Crippen molar-refractivity contribution < 1.29 is 14.4 Å². The highest BCUT2D eigenvalue weighted by Crippen LogP contribution is 2.23. The summed E-state index contributed by atoms with van der Waals surface area (Å²) in [7, 11) is 2.10. The first-order valence-electron chi connectivity index (χ1n) is 9.84. The number of hydrogen-bond acceptors (Lipinski definition) is 6. The number of thiophene rings is 1. The van der Waals surface area contributed by atoms with Crippen LogP contribution in [0.3, 0.4) is 0 Å². The van der Waals surface area contributed by atoms with Crippen LogP contribution in [0.4, 0.5) is 11.4 Å². The first kappa shape index (κ1) is 21.9. The Kier molecular flexibility index (Phi) is 7.56. The maximum atomic E-state index is 12.4. The molecule has 1 saturated heterocycles. The Morgan fingerprint density at radius 2 is 1.73 bits per heavy atom. The smallest absolute Gasteiger partial charge is 0.313 e. The van der Waals surface area contributed by atoms with Crippen molar-refractivity contribution in [3.8, 4) is 0 Å². The summed E-state index contributed by atoms with van der Waals surface area (Å²) in [5.74, 6) is -1.63. The number of benzene rings is 1. The van der Waals surface area contributed by atoms with Crippen molar-refractivity contribution in [1.29, 1.82) is 0 Å². The average Bonchev–Trinajstić information content (AvgIpc) is 3.23. The molecule has 1 aliphatic rings. The van der Waals surface area contributed by atoms with E-state index in [0.29, 0.717) is 17.9 Å². The number of carbonyl (C=O) groups excluding carboxylic acids is 3. The van der Waals surface area contributed by atoms with Gasteiger partial charge in [0.2, 0.25) is 5.91 Å². The number of nitrogens with zero attached hydrogens (tertiary/aromatic N) is 2. The number of likely N-dealkylation sites (N-methyl/N-ethyl adjacent to an activating group) is 1. The number of anilines is 2. The lowest BCUT2D eigenvalue weighted by molar-refractivity contribution is -0.136. The fourth-order valence-electron chi connectivity index (χ4n) is 3.39. The van der Waals surface area contributed by atoms with Gasteiger partial charge in [-0.05, 0) is 47.6 Å². The quantitative estimate of drug-likeness (QED) is 0.609. The number of piperazine rings is 1. The van der Waals surface area contributed by atoms with E-state index in [-0.39, 0.29) is 11.9 Å². The third-order valence-corrected chi connectivity index (χ3v) is 5.71. The number of carbonyl (C=O) groups is 3. The first-order valence-corrected chi connectivity index (χ1v) is 10.8. The van der Waals surface area contributed by atoms with Gasteiger partial charge in [0.15, 0.2) is 0 Å². The lowest BCUT2D eigenvalue weighted by atomic mass is 10.1. The van der Waals surface area contributed by atoms with E-state index in [1.807, 2.05) is 5.38 Å². The molecule has 1 aromatic heterocycles. The van der Waals surface area contributed by atoms with E-state index in [1.54, 1.807) is 35.6 Å². The highest BCUT2D eigenvalue weighted by atomic mass is 32.1. The summed E-state index contributed by atoms with van der Waals surface area (Å²) in [5, 5.41) is 12.1. The highest BCUT2D eigenvalue weighted by molar-refractivity contribution is 7.08. The van der Waals surface area contributed by atoms with Gasteiger partial charge in [-0.3, -0.25) is 19.3 Å². The normalized spacial score (nSPS) is 15.9. The standard InChI is InChI=1S/C21H27N5O3S/c1-15(27)23-17-4-3-5-18(12-17)24-21(29)20(28)22-13-19(16-6-11-30-14-16)26-9-7-25(2)8-10-26/h3-6,11-12,14,19H,7-10,13H2,1-2H3,(H,22,28)(H,23,27)(H,24,29)/t19-/m0/s1. The van der Waals surface area contributed by atoms with Crippen LogP contribution in [0, 0.1) is 0 Å². The molecule has 160 valence electrons. The van der Waals surface area contributed by atoms with Crippen molar-refractivity contribution >= 4 is 40.4 Å². The molecule has 2 heterocycles. The molecule has 0 unspecified atom stereocenters. The molecule has 2 aromatic rings. The fourth-order valence-corrected chi connectivity index (χ4v) is 4.10. The number of rotatable bonds is 6.